The van der Waals surface area contributed by atoms with Gasteiger partial charge in [-0.2, -0.15) is 0 Å². The number of halogens is 2. The molecule has 0 aliphatic carbocycles. The summed E-state index contributed by atoms with van der Waals surface area (Å²) in [7, 11) is 0. The van der Waals surface area contributed by atoms with Crippen molar-refractivity contribution in [1.82, 2.24) is 0 Å². The number of rotatable bonds is 6. The Morgan fingerprint density at radius 2 is 1.79 bits per heavy atom. The first-order valence-electron chi connectivity index (χ1n) is 7.41. The maximum Gasteiger partial charge on any atom is 0.306 e. The van der Waals surface area contributed by atoms with Gasteiger partial charge in [0.1, 0.15) is 0 Å². The quantitative estimate of drug-likeness (QED) is 0.821. The number of carbonyl (C=O) groups is 2. The van der Waals surface area contributed by atoms with Crippen LogP contribution in [0.25, 0.3) is 0 Å². The summed E-state index contributed by atoms with van der Waals surface area (Å²) in [5.74, 6) is -3.24. The highest BCUT2D eigenvalue weighted by molar-refractivity contribution is 5.92. The second-order valence-electron chi connectivity index (χ2n) is 5.35. The molecule has 0 aliphatic rings. The Labute approximate surface area is 138 Å². The minimum absolute atomic E-state index is 0.0343. The van der Waals surface area contributed by atoms with E-state index in [1.165, 1.54) is 6.07 Å². The summed E-state index contributed by atoms with van der Waals surface area (Å²) in [6, 6.07) is 12.4. The van der Waals surface area contributed by atoms with Gasteiger partial charge < -0.3 is 10.1 Å². The smallest absolute Gasteiger partial charge is 0.306 e. The van der Waals surface area contributed by atoms with Gasteiger partial charge in [0.15, 0.2) is 18.2 Å². The van der Waals surface area contributed by atoms with Crippen LogP contribution in [-0.4, -0.2) is 18.5 Å². The summed E-state index contributed by atoms with van der Waals surface area (Å²) >= 11 is 0. The number of hydrogen-bond acceptors (Lipinski definition) is 3. The molecular formula is C18H17F2NO3. The zero-order valence-corrected chi connectivity index (χ0v) is 13.1. The molecule has 24 heavy (non-hydrogen) atoms. The van der Waals surface area contributed by atoms with Gasteiger partial charge in [-0.3, -0.25) is 9.59 Å². The normalized spacial score (nSPS) is 11.6. The molecule has 1 atom stereocenters. The van der Waals surface area contributed by atoms with Crippen LogP contribution in [0.5, 0.6) is 0 Å². The maximum absolute atomic E-state index is 13.0. The van der Waals surface area contributed by atoms with Crippen molar-refractivity contribution in [3.05, 3.63) is 65.7 Å². The first kappa shape index (κ1) is 17.6. The third-order valence-electron chi connectivity index (χ3n) is 3.41. The van der Waals surface area contributed by atoms with Crippen LogP contribution in [0.15, 0.2) is 48.5 Å². The first-order valence-corrected chi connectivity index (χ1v) is 7.41. The third kappa shape index (κ3) is 5.15. The van der Waals surface area contributed by atoms with Crippen LogP contribution in [0.2, 0.25) is 0 Å². The van der Waals surface area contributed by atoms with Gasteiger partial charge in [0.2, 0.25) is 0 Å². The molecule has 1 amide bonds. The Hall–Kier alpha value is -2.76. The Kier molecular flexibility index (Phi) is 6.01. The molecule has 1 N–H and O–H groups in total. The minimum Gasteiger partial charge on any atom is -0.456 e. The van der Waals surface area contributed by atoms with Crippen LogP contribution in [0.4, 0.5) is 14.5 Å². The highest BCUT2D eigenvalue weighted by Gasteiger charge is 2.14. The predicted molar refractivity (Wildman–Crippen MR) is 85.4 cm³/mol. The van der Waals surface area contributed by atoms with Gasteiger partial charge in [-0.1, -0.05) is 37.3 Å². The number of esters is 1. The van der Waals surface area contributed by atoms with Crippen LogP contribution in [0.3, 0.4) is 0 Å². The Balaban J connectivity index is 1.78. The van der Waals surface area contributed by atoms with E-state index >= 15 is 0 Å². The highest BCUT2D eigenvalue weighted by atomic mass is 19.2. The first-order chi connectivity index (χ1) is 11.5. The number of ether oxygens (including phenoxy) is 1. The fourth-order valence-electron chi connectivity index (χ4n) is 2.13. The molecule has 6 heteroatoms. The van der Waals surface area contributed by atoms with Gasteiger partial charge in [0.05, 0.1) is 6.42 Å². The Morgan fingerprint density at radius 3 is 2.46 bits per heavy atom. The summed E-state index contributed by atoms with van der Waals surface area (Å²) in [5.41, 5.74) is 1.09. The third-order valence-corrected chi connectivity index (χ3v) is 3.41. The fraction of sp³-hybridized carbons (Fsp3) is 0.222. The molecule has 0 saturated heterocycles. The summed E-state index contributed by atoms with van der Waals surface area (Å²) < 4.78 is 30.7. The molecule has 0 fully saturated rings. The van der Waals surface area contributed by atoms with E-state index in [-0.39, 0.29) is 18.0 Å². The molecule has 0 saturated carbocycles. The van der Waals surface area contributed by atoms with Crippen molar-refractivity contribution in [1.29, 1.82) is 0 Å². The molecule has 2 aromatic rings. The van der Waals surface area contributed by atoms with E-state index < -0.39 is 30.1 Å². The topological polar surface area (TPSA) is 55.4 Å². The number of nitrogens with one attached hydrogen (secondary N) is 1. The fourth-order valence-corrected chi connectivity index (χ4v) is 2.13. The van der Waals surface area contributed by atoms with Gasteiger partial charge in [-0.15, -0.1) is 0 Å². The molecule has 0 heterocycles. The molecule has 4 nitrogen and oxygen atoms in total. The van der Waals surface area contributed by atoms with Gasteiger partial charge in [0.25, 0.3) is 5.91 Å². The summed E-state index contributed by atoms with van der Waals surface area (Å²) in [5, 5.41) is 2.33. The number of anilines is 1. The van der Waals surface area contributed by atoms with Crippen LogP contribution < -0.4 is 5.32 Å². The van der Waals surface area contributed by atoms with E-state index in [4.69, 9.17) is 4.74 Å². The van der Waals surface area contributed by atoms with Gasteiger partial charge in [-0.05, 0) is 23.6 Å². The Morgan fingerprint density at radius 1 is 1.08 bits per heavy atom. The van der Waals surface area contributed by atoms with Crippen molar-refractivity contribution in [3.8, 4) is 0 Å². The lowest BCUT2D eigenvalue weighted by Gasteiger charge is -2.11. The van der Waals surface area contributed by atoms with Crippen LogP contribution >= 0.6 is 0 Å². The second kappa shape index (κ2) is 8.19. The van der Waals surface area contributed by atoms with E-state index in [0.29, 0.717) is 0 Å². The molecule has 126 valence electrons. The van der Waals surface area contributed by atoms with Gasteiger partial charge >= 0.3 is 5.97 Å². The van der Waals surface area contributed by atoms with Crippen molar-refractivity contribution in [3.63, 3.8) is 0 Å². The van der Waals surface area contributed by atoms with Gasteiger partial charge in [-0.25, -0.2) is 8.78 Å². The average Bonchev–Trinajstić information content (AvgIpc) is 2.57. The summed E-state index contributed by atoms with van der Waals surface area (Å²) in [4.78, 5) is 23.4. The lowest BCUT2D eigenvalue weighted by Crippen LogP contribution is -2.21. The zero-order chi connectivity index (χ0) is 17.5. The van der Waals surface area contributed by atoms with Crippen LogP contribution in [0, 0.1) is 11.6 Å². The molecule has 0 aromatic heterocycles. The van der Waals surface area contributed by atoms with E-state index in [0.717, 1.165) is 17.7 Å². The van der Waals surface area contributed by atoms with E-state index in [1.54, 1.807) is 0 Å². The van der Waals surface area contributed by atoms with Gasteiger partial charge in [0, 0.05) is 11.8 Å². The maximum atomic E-state index is 13.0. The Bertz CT molecular complexity index is 719. The van der Waals surface area contributed by atoms with E-state index in [2.05, 4.69) is 5.32 Å². The van der Waals surface area contributed by atoms with Crippen molar-refractivity contribution in [2.75, 3.05) is 11.9 Å². The zero-order valence-electron chi connectivity index (χ0n) is 13.1. The van der Waals surface area contributed by atoms with Crippen LogP contribution in [0.1, 0.15) is 24.8 Å². The molecule has 0 aliphatic heterocycles. The van der Waals surface area contributed by atoms with Crippen molar-refractivity contribution in [2.24, 2.45) is 0 Å². The number of hydrogen-bond donors (Lipinski definition) is 1. The van der Waals surface area contributed by atoms with Crippen molar-refractivity contribution < 1.29 is 23.1 Å². The molecule has 2 rings (SSSR count). The van der Waals surface area contributed by atoms with E-state index in [1.807, 2.05) is 37.3 Å². The largest absolute Gasteiger partial charge is 0.456 e. The van der Waals surface area contributed by atoms with E-state index in [9.17, 15) is 18.4 Å². The molecule has 0 unspecified atom stereocenters. The lowest BCUT2D eigenvalue weighted by atomic mass is 9.98. The lowest BCUT2D eigenvalue weighted by molar-refractivity contribution is -0.147. The van der Waals surface area contributed by atoms with Crippen molar-refractivity contribution in [2.45, 2.75) is 19.3 Å². The molecule has 0 bridgehead atoms. The summed E-state index contributed by atoms with van der Waals surface area (Å²) in [6.45, 7) is 1.40. The van der Waals surface area contributed by atoms with Crippen LogP contribution in [-0.2, 0) is 14.3 Å². The molecular weight excluding hydrogens is 316 g/mol. The summed E-state index contributed by atoms with van der Waals surface area (Å²) in [6.07, 6.45) is 0.141. The molecule has 2 aromatic carbocycles. The highest BCUT2D eigenvalue weighted by Crippen LogP contribution is 2.19. The monoisotopic (exact) mass is 333 g/mol. The minimum atomic E-state index is -1.07. The number of amides is 1. The van der Waals surface area contributed by atoms with Crippen molar-refractivity contribution >= 4 is 17.6 Å². The SMILES string of the molecule is C[C@@H](CC(=O)OCC(=O)Nc1ccc(F)c(F)c1)c1ccccc1. The molecule has 0 spiro atoms. The average molecular weight is 333 g/mol. The molecule has 0 radical (unpaired) electrons. The standard InChI is InChI=1S/C18H17F2NO3/c1-12(13-5-3-2-4-6-13)9-18(23)24-11-17(22)21-14-7-8-15(19)16(20)10-14/h2-8,10,12H,9,11H2,1H3,(H,21,22)/t12-/m0/s1. The predicted octanol–water partition coefficient (Wildman–Crippen LogP) is 3.64. The number of carbonyl (C=O) groups excluding carboxylic acids is 2. The second-order valence-corrected chi connectivity index (χ2v) is 5.35. The number of benzene rings is 2.